The van der Waals surface area contributed by atoms with Crippen molar-refractivity contribution in [1.29, 1.82) is 0 Å². The maximum absolute atomic E-state index is 11.9. The van der Waals surface area contributed by atoms with Crippen molar-refractivity contribution in [3.8, 4) is 0 Å². The summed E-state index contributed by atoms with van der Waals surface area (Å²) in [6.07, 6.45) is 0. The summed E-state index contributed by atoms with van der Waals surface area (Å²) in [6, 6.07) is 1.18. The third-order valence-electron chi connectivity index (χ3n) is 1.31. The molecule has 0 aliphatic heterocycles. The molecule has 0 atom stereocenters. The second-order valence-electron chi connectivity index (χ2n) is 2.22. The first-order valence-corrected chi connectivity index (χ1v) is 5.59. The molecule has 0 saturated heterocycles. The normalized spacial score (nSPS) is 11.5. The van der Waals surface area contributed by atoms with Gasteiger partial charge in [-0.15, -0.1) is 11.3 Å². The maximum atomic E-state index is 11.9. The first-order valence-electron chi connectivity index (χ1n) is 3.16. The molecule has 0 unspecified atom stereocenters. The molecule has 0 aromatic carbocycles. The number of alkyl halides is 1. The van der Waals surface area contributed by atoms with Gasteiger partial charge in [0.1, 0.15) is 4.90 Å². The third kappa shape index (κ3) is 2.11. The Morgan fingerprint density at radius 2 is 2.23 bits per heavy atom. The molecule has 4 nitrogen and oxygen atoms in total. The highest BCUT2D eigenvalue weighted by molar-refractivity contribution is 7.89. The number of sulfonamides is 1. The zero-order chi connectivity index (χ0) is 10.1. The Hall–Kier alpha value is -0.790. The van der Waals surface area contributed by atoms with E-state index in [9.17, 15) is 17.6 Å². The Balaban J connectivity index is 3.26. The monoisotopic (exact) mass is 223 g/mol. The average molecular weight is 223 g/mol. The summed E-state index contributed by atoms with van der Waals surface area (Å²) >= 11 is 0.860. The highest BCUT2D eigenvalue weighted by atomic mass is 32.2. The van der Waals surface area contributed by atoms with Crippen LogP contribution in [0.5, 0.6) is 0 Å². The summed E-state index contributed by atoms with van der Waals surface area (Å²) in [5.41, 5.74) is 0. The number of primary sulfonamides is 1. The molecule has 0 saturated carbocycles. The van der Waals surface area contributed by atoms with Crippen LogP contribution in [0.3, 0.4) is 0 Å². The second kappa shape index (κ2) is 3.52. The van der Waals surface area contributed by atoms with Crippen LogP contribution in [0, 0.1) is 0 Å². The van der Waals surface area contributed by atoms with E-state index in [2.05, 4.69) is 0 Å². The van der Waals surface area contributed by atoms with Crippen molar-refractivity contribution >= 4 is 27.1 Å². The molecule has 0 aliphatic rings. The Bertz CT molecular complexity index is 423. The molecule has 1 rings (SSSR count). The molecule has 0 radical (unpaired) electrons. The minimum absolute atomic E-state index is 0.148. The summed E-state index contributed by atoms with van der Waals surface area (Å²) < 4.78 is 33.6. The van der Waals surface area contributed by atoms with Gasteiger partial charge in [-0.05, 0) is 11.4 Å². The van der Waals surface area contributed by atoms with Gasteiger partial charge in [0, 0.05) is 0 Å². The molecule has 0 spiro atoms. The zero-order valence-corrected chi connectivity index (χ0v) is 7.99. The van der Waals surface area contributed by atoms with Crippen molar-refractivity contribution in [2.75, 3.05) is 6.67 Å². The van der Waals surface area contributed by atoms with E-state index < -0.39 is 22.5 Å². The SMILES string of the molecule is NS(=O)(=O)c1ccsc1C(=O)CF. The van der Waals surface area contributed by atoms with Crippen molar-refractivity contribution in [3.63, 3.8) is 0 Å². The number of nitrogens with two attached hydrogens (primary N) is 1. The molecule has 1 heterocycles. The van der Waals surface area contributed by atoms with Gasteiger partial charge in [0.25, 0.3) is 0 Å². The van der Waals surface area contributed by atoms with Crippen molar-refractivity contribution in [2.45, 2.75) is 4.90 Å². The number of ketones is 1. The van der Waals surface area contributed by atoms with Crippen molar-refractivity contribution in [2.24, 2.45) is 5.14 Å². The number of thiophene rings is 1. The topological polar surface area (TPSA) is 77.2 Å². The van der Waals surface area contributed by atoms with Gasteiger partial charge in [0.05, 0.1) is 4.88 Å². The van der Waals surface area contributed by atoms with Gasteiger partial charge in [0.2, 0.25) is 15.8 Å². The average Bonchev–Trinajstić information content (AvgIpc) is 2.49. The van der Waals surface area contributed by atoms with Crippen LogP contribution in [-0.2, 0) is 10.0 Å². The standard InChI is InChI=1S/C6H6FNO3S2/c7-3-4(9)6-5(1-2-12-6)13(8,10)11/h1-2H,3H2,(H2,8,10,11). The van der Waals surface area contributed by atoms with Crippen molar-refractivity contribution < 1.29 is 17.6 Å². The van der Waals surface area contributed by atoms with E-state index in [0.29, 0.717) is 0 Å². The minimum Gasteiger partial charge on any atom is -0.290 e. The van der Waals surface area contributed by atoms with Gasteiger partial charge >= 0.3 is 0 Å². The molecule has 7 heteroatoms. The molecule has 13 heavy (non-hydrogen) atoms. The molecule has 0 aliphatic carbocycles. The van der Waals surface area contributed by atoms with Crippen molar-refractivity contribution in [1.82, 2.24) is 0 Å². The van der Waals surface area contributed by atoms with E-state index in [-0.39, 0.29) is 9.77 Å². The van der Waals surface area contributed by atoms with Crippen LogP contribution >= 0.6 is 11.3 Å². The third-order valence-corrected chi connectivity index (χ3v) is 3.35. The largest absolute Gasteiger partial charge is 0.290 e. The molecule has 0 bridgehead atoms. The number of rotatable bonds is 3. The smallest absolute Gasteiger partial charge is 0.239 e. The number of hydrogen-bond acceptors (Lipinski definition) is 4. The lowest BCUT2D eigenvalue weighted by Crippen LogP contribution is -2.15. The van der Waals surface area contributed by atoms with Gasteiger partial charge in [-0.25, -0.2) is 17.9 Å². The summed E-state index contributed by atoms with van der Waals surface area (Å²) in [6.45, 7) is -1.22. The van der Waals surface area contributed by atoms with E-state index in [1.54, 1.807) is 0 Å². The molecule has 0 amide bonds. The van der Waals surface area contributed by atoms with E-state index in [4.69, 9.17) is 5.14 Å². The van der Waals surface area contributed by atoms with E-state index in [1.807, 2.05) is 0 Å². The molecule has 1 aromatic heterocycles. The molecule has 72 valence electrons. The van der Waals surface area contributed by atoms with Crippen molar-refractivity contribution in [3.05, 3.63) is 16.3 Å². The maximum Gasteiger partial charge on any atom is 0.239 e. The Kier molecular flexibility index (Phi) is 2.79. The summed E-state index contributed by atoms with van der Waals surface area (Å²) in [4.78, 5) is 10.4. The summed E-state index contributed by atoms with van der Waals surface area (Å²) in [5, 5.41) is 6.18. The highest BCUT2D eigenvalue weighted by Crippen LogP contribution is 2.21. The first-order chi connectivity index (χ1) is 5.96. The quantitative estimate of drug-likeness (QED) is 0.760. The second-order valence-corrected chi connectivity index (χ2v) is 4.66. The fourth-order valence-corrected chi connectivity index (χ4v) is 2.70. The van der Waals surface area contributed by atoms with Gasteiger partial charge in [-0.3, -0.25) is 4.79 Å². The Labute approximate surface area is 78.2 Å². The number of Topliss-reactive ketones (excluding diaryl/α,β-unsaturated/α-hetero) is 1. The van der Waals surface area contributed by atoms with Gasteiger partial charge in [-0.2, -0.15) is 0 Å². The zero-order valence-electron chi connectivity index (χ0n) is 6.36. The van der Waals surface area contributed by atoms with E-state index in [0.717, 1.165) is 11.3 Å². The predicted molar refractivity (Wildman–Crippen MR) is 46.0 cm³/mol. The number of carbonyl (C=O) groups is 1. The highest BCUT2D eigenvalue weighted by Gasteiger charge is 2.20. The lowest BCUT2D eigenvalue weighted by atomic mass is 10.3. The minimum atomic E-state index is -3.92. The van der Waals surface area contributed by atoms with Crippen LogP contribution in [0.2, 0.25) is 0 Å². The van der Waals surface area contributed by atoms with Crippen LogP contribution in [0.1, 0.15) is 9.67 Å². The lowest BCUT2D eigenvalue weighted by Gasteiger charge is -1.96. The molecule has 0 fully saturated rings. The van der Waals surface area contributed by atoms with Gasteiger partial charge in [-0.1, -0.05) is 0 Å². The number of hydrogen-bond donors (Lipinski definition) is 1. The number of halogens is 1. The predicted octanol–water partition coefficient (Wildman–Crippen LogP) is 0.548. The fraction of sp³-hybridized carbons (Fsp3) is 0.167. The van der Waals surface area contributed by atoms with Gasteiger partial charge < -0.3 is 0 Å². The van der Waals surface area contributed by atoms with E-state index >= 15 is 0 Å². The fourth-order valence-electron chi connectivity index (χ4n) is 0.785. The lowest BCUT2D eigenvalue weighted by molar-refractivity contribution is 0.0960. The molecular weight excluding hydrogens is 217 g/mol. The molecule has 1 aromatic rings. The molecule has 2 N–H and O–H groups in total. The van der Waals surface area contributed by atoms with Gasteiger partial charge in [0.15, 0.2) is 6.67 Å². The van der Waals surface area contributed by atoms with Crippen LogP contribution in [-0.4, -0.2) is 20.9 Å². The van der Waals surface area contributed by atoms with Crippen LogP contribution < -0.4 is 5.14 Å². The van der Waals surface area contributed by atoms with E-state index in [1.165, 1.54) is 11.4 Å². The first kappa shape index (κ1) is 10.3. The molecular formula is C6H6FNO3S2. The van der Waals surface area contributed by atoms with Crippen LogP contribution in [0.25, 0.3) is 0 Å². The van der Waals surface area contributed by atoms with Crippen LogP contribution in [0.15, 0.2) is 16.3 Å². The summed E-state index contributed by atoms with van der Waals surface area (Å²) in [5.74, 6) is -0.862. The Morgan fingerprint density at radius 1 is 1.62 bits per heavy atom. The Morgan fingerprint density at radius 3 is 2.69 bits per heavy atom. The van der Waals surface area contributed by atoms with Crippen LogP contribution in [0.4, 0.5) is 4.39 Å². The number of carbonyl (C=O) groups excluding carboxylic acids is 1. The summed E-state index contributed by atoms with van der Waals surface area (Å²) in [7, 11) is -3.92.